The average Bonchev–Trinajstić information content (AvgIpc) is 1.87. The SMILES string of the molecule is CCC(C)C(C)O[PH+]=O. The van der Waals surface area contributed by atoms with Crippen molar-refractivity contribution in [1.82, 2.24) is 0 Å². The van der Waals surface area contributed by atoms with Gasteiger partial charge in [-0.05, 0) is 17.4 Å². The summed E-state index contributed by atoms with van der Waals surface area (Å²) in [6.07, 6.45) is 1.21. The van der Waals surface area contributed by atoms with Gasteiger partial charge in [0.1, 0.15) is 6.10 Å². The molecule has 0 N–H and O–H groups in total. The first-order valence-corrected chi connectivity index (χ1v) is 4.06. The molecule has 3 unspecified atom stereocenters. The lowest BCUT2D eigenvalue weighted by atomic mass is 10.0. The van der Waals surface area contributed by atoms with E-state index in [1.165, 1.54) is 0 Å². The Labute approximate surface area is 57.9 Å². The van der Waals surface area contributed by atoms with Crippen LogP contribution in [0.3, 0.4) is 0 Å². The molecule has 0 aliphatic carbocycles. The van der Waals surface area contributed by atoms with Crippen LogP contribution >= 0.6 is 8.69 Å². The van der Waals surface area contributed by atoms with Crippen molar-refractivity contribution in [3.63, 3.8) is 0 Å². The molecule has 3 atom stereocenters. The molecule has 0 saturated carbocycles. The van der Waals surface area contributed by atoms with Crippen molar-refractivity contribution < 1.29 is 9.09 Å². The van der Waals surface area contributed by atoms with Crippen molar-refractivity contribution >= 4 is 8.69 Å². The maximum Gasteiger partial charge on any atom is 0.494 e. The van der Waals surface area contributed by atoms with Gasteiger partial charge in [0.2, 0.25) is 0 Å². The van der Waals surface area contributed by atoms with E-state index in [-0.39, 0.29) is 6.10 Å². The van der Waals surface area contributed by atoms with Crippen molar-refractivity contribution in [2.24, 2.45) is 5.92 Å². The molecule has 0 bridgehead atoms. The second kappa shape index (κ2) is 4.89. The Morgan fingerprint density at radius 2 is 2.11 bits per heavy atom. The fourth-order valence-electron chi connectivity index (χ4n) is 0.524. The fourth-order valence-corrected chi connectivity index (χ4v) is 0.908. The predicted molar refractivity (Wildman–Crippen MR) is 39.0 cm³/mol. The first kappa shape index (κ1) is 9.06. The quantitative estimate of drug-likeness (QED) is 0.573. The van der Waals surface area contributed by atoms with Gasteiger partial charge in [-0.25, -0.2) is 0 Å². The minimum atomic E-state index is -0.616. The summed E-state index contributed by atoms with van der Waals surface area (Å²) in [5, 5.41) is 0. The first-order valence-electron chi connectivity index (χ1n) is 3.25. The van der Waals surface area contributed by atoms with Crippen molar-refractivity contribution in [3.05, 3.63) is 0 Å². The van der Waals surface area contributed by atoms with Crippen molar-refractivity contribution in [1.29, 1.82) is 0 Å². The molecule has 0 aliphatic rings. The normalized spacial score (nSPS) is 17.7. The highest BCUT2D eigenvalue weighted by atomic mass is 31.1. The zero-order valence-electron chi connectivity index (χ0n) is 6.18. The molecule has 0 aromatic heterocycles. The van der Waals surface area contributed by atoms with E-state index in [0.29, 0.717) is 5.92 Å². The molecule has 0 saturated heterocycles. The minimum Gasteiger partial charge on any atom is -0.145 e. The van der Waals surface area contributed by atoms with Crippen molar-refractivity contribution in [2.45, 2.75) is 33.3 Å². The molecule has 0 heterocycles. The van der Waals surface area contributed by atoms with Crippen LogP contribution in [0.2, 0.25) is 0 Å². The second-order valence-corrected chi connectivity index (χ2v) is 2.69. The largest absolute Gasteiger partial charge is 0.494 e. The van der Waals surface area contributed by atoms with Crippen LogP contribution in [-0.4, -0.2) is 6.10 Å². The summed E-state index contributed by atoms with van der Waals surface area (Å²) in [5.41, 5.74) is 0. The van der Waals surface area contributed by atoms with Gasteiger partial charge in [0.25, 0.3) is 0 Å². The van der Waals surface area contributed by atoms with Crippen LogP contribution in [0.5, 0.6) is 0 Å². The Kier molecular flexibility index (Phi) is 4.93. The van der Waals surface area contributed by atoms with Gasteiger partial charge in [0, 0.05) is 0 Å². The van der Waals surface area contributed by atoms with Crippen LogP contribution in [0, 0.1) is 5.92 Å². The highest BCUT2D eigenvalue weighted by Gasteiger charge is 2.13. The second-order valence-electron chi connectivity index (χ2n) is 2.29. The van der Waals surface area contributed by atoms with Crippen molar-refractivity contribution in [2.75, 3.05) is 0 Å². The zero-order chi connectivity index (χ0) is 7.28. The Morgan fingerprint density at radius 3 is 2.44 bits per heavy atom. The van der Waals surface area contributed by atoms with Crippen LogP contribution in [0.15, 0.2) is 0 Å². The van der Waals surface area contributed by atoms with E-state index in [9.17, 15) is 4.57 Å². The van der Waals surface area contributed by atoms with Gasteiger partial charge in [-0.1, -0.05) is 20.3 Å². The maximum atomic E-state index is 9.97. The topological polar surface area (TPSA) is 26.3 Å². The lowest BCUT2D eigenvalue weighted by Gasteiger charge is -2.09. The number of hydrogen-bond acceptors (Lipinski definition) is 2. The third-order valence-corrected chi connectivity index (χ3v) is 2.15. The van der Waals surface area contributed by atoms with E-state index < -0.39 is 8.69 Å². The summed E-state index contributed by atoms with van der Waals surface area (Å²) in [6.45, 7) is 6.13. The molecule has 0 amide bonds. The Bertz CT molecular complexity index is 85.1. The third kappa shape index (κ3) is 3.61. The third-order valence-electron chi connectivity index (χ3n) is 1.68. The summed E-state index contributed by atoms with van der Waals surface area (Å²) < 4.78 is 14.8. The average molecular weight is 149 g/mol. The molecular formula is C6H14O2P+. The summed E-state index contributed by atoms with van der Waals surface area (Å²) in [6, 6.07) is 0. The monoisotopic (exact) mass is 149 g/mol. The molecule has 3 heteroatoms. The van der Waals surface area contributed by atoms with E-state index in [2.05, 4.69) is 13.8 Å². The molecule has 0 aliphatic heterocycles. The highest BCUT2D eigenvalue weighted by molar-refractivity contribution is 7.17. The number of hydrogen-bond donors (Lipinski definition) is 0. The highest BCUT2D eigenvalue weighted by Crippen LogP contribution is 2.14. The van der Waals surface area contributed by atoms with Gasteiger partial charge in [0.05, 0.1) is 0 Å². The lowest BCUT2D eigenvalue weighted by Crippen LogP contribution is -2.12. The van der Waals surface area contributed by atoms with Crippen molar-refractivity contribution in [3.8, 4) is 0 Å². The summed E-state index contributed by atoms with van der Waals surface area (Å²) in [4.78, 5) is 0. The smallest absolute Gasteiger partial charge is 0.145 e. The molecule has 0 fully saturated rings. The van der Waals surface area contributed by atoms with E-state index in [4.69, 9.17) is 4.52 Å². The predicted octanol–water partition coefficient (Wildman–Crippen LogP) is 2.38. The molecule has 9 heavy (non-hydrogen) atoms. The molecule has 0 radical (unpaired) electrons. The van der Waals surface area contributed by atoms with Gasteiger partial charge in [0.15, 0.2) is 0 Å². The molecular weight excluding hydrogens is 135 g/mol. The zero-order valence-corrected chi connectivity index (χ0v) is 7.18. The van der Waals surface area contributed by atoms with Crippen LogP contribution in [0.25, 0.3) is 0 Å². The van der Waals surface area contributed by atoms with E-state index in [1.807, 2.05) is 6.92 Å². The Hall–Kier alpha value is 0.0600. The standard InChI is InChI=1S/C6H14O2P/c1-4-5(2)6(3)8-9-7/h5-6,9H,4H2,1-3H3/q+1. The van der Waals surface area contributed by atoms with Gasteiger partial charge in [-0.15, -0.1) is 4.52 Å². The van der Waals surface area contributed by atoms with Crippen LogP contribution in [0.4, 0.5) is 0 Å². The van der Waals surface area contributed by atoms with Gasteiger partial charge in [-0.2, -0.15) is 0 Å². The molecule has 54 valence electrons. The van der Waals surface area contributed by atoms with Crippen LogP contribution < -0.4 is 0 Å². The van der Waals surface area contributed by atoms with E-state index in [0.717, 1.165) is 6.42 Å². The molecule has 0 aromatic rings. The number of rotatable bonds is 4. The maximum absolute atomic E-state index is 9.97. The van der Waals surface area contributed by atoms with Gasteiger partial charge >= 0.3 is 8.69 Å². The van der Waals surface area contributed by atoms with E-state index >= 15 is 0 Å². The summed E-state index contributed by atoms with van der Waals surface area (Å²) >= 11 is 0. The lowest BCUT2D eigenvalue weighted by molar-refractivity contribution is 0.176. The molecule has 0 aromatic carbocycles. The van der Waals surface area contributed by atoms with E-state index in [1.54, 1.807) is 0 Å². The Balaban J connectivity index is 3.44. The minimum absolute atomic E-state index is 0.130. The molecule has 0 spiro atoms. The molecule has 2 nitrogen and oxygen atoms in total. The van der Waals surface area contributed by atoms with Gasteiger partial charge < -0.3 is 0 Å². The summed E-state index contributed by atoms with van der Waals surface area (Å²) in [5.74, 6) is 0.506. The molecule has 0 rings (SSSR count). The Morgan fingerprint density at radius 1 is 1.56 bits per heavy atom. The van der Waals surface area contributed by atoms with Crippen LogP contribution in [0.1, 0.15) is 27.2 Å². The van der Waals surface area contributed by atoms with Gasteiger partial charge in [-0.3, -0.25) is 0 Å². The van der Waals surface area contributed by atoms with Crippen LogP contribution in [-0.2, 0) is 9.09 Å². The summed E-state index contributed by atoms with van der Waals surface area (Å²) in [7, 11) is -0.616. The first-order chi connectivity index (χ1) is 4.22. The fraction of sp³-hybridized carbons (Fsp3) is 1.00.